The van der Waals surface area contributed by atoms with Gasteiger partial charge in [-0.3, -0.25) is 4.99 Å². The lowest BCUT2D eigenvalue weighted by molar-refractivity contribution is 0.275. The Morgan fingerprint density at radius 1 is 1.24 bits per heavy atom. The molecule has 1 aliphatic heterocycles. The standard InChI is InChI=1S/C20H32N4.HI/c1-17(2)23(4)15-12-22-20(21-3)24-13-10-19(11-14-24)16-18-8-6-5-7-9-18;/h5-9,16-17H,10-15H2,1-4H3,(H,21,22);1H. The van der Waals surface area contributed by atoms with Crippen molar-refractivity contribution in [3.05, 3.63) is 41.5 Å². The molecular formula is C20H33IN4. The lowest BCUT2D eigenvalue weighted by Crippen LogP contribution is -2.46. The predicted molar refractivity (Wildman–Crippen MR) is 120 cm³/mol. The highest BCUT2D eigenvalue weighted by Crippen LogP contribution is 2.19. The first-order valence-electron chi connectivity index (χ1n) is 9.00. The van der Waals surface area contributed by atoms with E-state index in [2.05, 4.69) is 77.4 Å². The predicted octanol–water partition coefficient (Wildman–Crippen LogP) is 3.70. The second-order valence-corrected chi connectivity index (χ2v) is 6.75. The first kappa shape index (κ1) is 22.0. The fourth-order valence-corrected chi connectivity index (χ4v) is 2.87. The number of aliphatic imine (C=N–C) groups is 1. The molecule has 5 heteroatoms. The zero-order valence-corrected chi connectivity index (χ0v) is 18.4. The third kappa shape index (κ3) is 7.36. The molecule has 0 radical (unpaired) electrons. The van der Waals surface area contributed by atoms with Gasteiger partial charge < -0.3 is 15.1 Å². The summed E-state index contributed by atoms with van der Waals surface area (Å²) >= 11 is 0. The molecular weight excluding hydrogens is 423 g/mol. The van der Waals surface area contributed by atoms with E-state index in [1.807, 2.05) is 7.05 Å². The van der Waals surface area contributed by atoms with Crippen molar-refractivity contribution in [2.24, 2.45) is 4.99 Å². The summed E-state index contributed by atoms with van der Waals surface area (Å²) < 4.78 is 0. The number of likely N-dealkylation sites (tertiary alicyclic amines) is 1. The SMILES string of the molecule is CN=C(NCCN(C)C(C)C)N1CCC(=Cc2ccccc2)CC1.I. The number of rotatable bonds is 5. The smallest absolute Gasteiger partial charge is 0.193 e. The minimum absolute atomic E-state index is 0. The number of nitrogens with zero attached hydrogens (tertiary/aromatic N) is 3. The summed E-state index contributed by atoms with van der Waals surface area (Å²) in [6.45, 7) is 8.49. The molecule has 0 amide bonds. The molecule has 1 aliphatic rings. The molecule has 0 spiro atoms. The summed E-state index contributed by atoms with van der Waals surface area (Å²) in [7, 11) is 4.04. The maximum Gasteiger partial charge on any atom is 0.193 e. The minimum Gasteiger partial charge on any atom is -0.355 e. The third-order valence-corrected chi connectivity index (χ3v) is 4.72. The molecule has 0 aromatic heterocycles. The van der Waals surface area contributed by atoms with Crippen molar-refractivity contribution >= 4 is 36.0 Å². The summed E-state index contributed by atoms with van der Waals surface area (Å²) in [5.41, 5.74) is 2.84. The fourth-order valence-electron chi connectivity index (χ4n) is 2.87. The van der Waals surface area contributed by atoms with Crippen LogP contribution in [0.4, 0.5) is 0 Å². The van der Waals surface area contributed by atoms with Crippen LogP contribution in [0.5, 0.6) is 0 Å². The van der Waals surface area contributed by atoms with Crippen LogP contribution < -0.4 is 5.32 Å². The van der Waals surface area contributed by atoms with E-state index in [0.717, 1.165) is 45.0 Å². The highest BCUT2D eigenvalue weighted by atomic mass is 127. The Labute approximate surface area is 170 Å². The first-order valence-corrected chi connectivity index (χ1v) is 9.00. The van der Waals surface area contributed by atoms with Crippen LogP contribution in [0.25, 0.3) is 6.08 Å². The van der Waals surface area contributed by atoms with Gasteiger partial charge in [-0.15, -0.1) is 24.0 Å². The fraction of sp³-hybridized carbons (Fsp3) is 0.550. The molecule has 1 N–H and O–H groups in total. The normalized spacial score (nSPS) is 15.4. The van der Waals surface area contributed by atoms with Gasteiger partial charge >= 0.3 is 0 Å². The van der Waals surface area contributed by atoms with Crippen LogP contribution in [0, 0.1) is 0 Å². The van der Waals surface area contributed by atoms with Gasteiger partial charge in [-0.2, -0.15) is 0 Å². The van der Waals surface area contributed by atoms with Crippen molar-refractivity contribution in [2.75, 3.05) is 40.3 Å². The number of halogens is 1. The second-order valence-electron chi connectivity index (χ2n) is 6.75. The maximum absolute atomic E-state index is 4.46. The molecule has 140 valence electrons. The Morgan fingerprint density at radius 2 is 1.88 bits per heavy atom. The number of likely N-dealkylation sites (N-methyl/N-ethyl adjacent to an activating group) is 1. The average molecular weight is 456 g/mol. The summed E-state index contributed by atoms with van der Waals surface area (Å²) in [4.78, 5) is 9.17. The topological polar surface area (TPSA) is 30.9 Å². The van der Waals surface area contributed by atoms with Gasteiger partial charge in [-0.05, 0) is 39.3 Å². The van der Waals surface area contributed by atoms with Gasteiger partial charge in [-0.25, -0.2) is 0 Å². The molecule has 0 atom stereocenters. The van der Waals surface area contributed by atoms with Crippen LogP contribution in [-0.2, 0) is 0 Å². The van der Waals surface area contributed by atoms with Crippen molar-refractivity contribution < 1.29 is 0 Å². The number of hydrogen-bond acceptors (Lipinski definition) is 2. The van der Waals surface area contributed by atoms with Crippen LogP contribution in [0.1, 0.15) is 32.3 Å². The van der Waals surface area contributed by atoms with Crippen LogP contribution >= 0.6 is 24.0 Å². The van der Waals surface area contributed by atoms with Gasteiger partial charge in [0.1, 0.15) is 0 Å². The first-order chi connectivity index (χ1) is 11.6. The average Bonchev–Trinajstić information content (AvgIpc) is 2.60. The second kappa shape index (κ2) is 11.5. The minimum atomic E-state index is 0. The van der Waals surface area contributed by atoms with Crippen molar-refractivity contribution in [1.82, 2.24) is 15.1 Å². The molecule has 1 saturated heterocycles. The van der Waals surface area contributed by atoms with Gasteiger partial charge in [0.2, 0.25) is 0 Å². The Hall–Kier alpha value is -1.08. The van der Waals surface area contributed by atoms with Crippen LogP contribution in [0.2, 0.25) is 0 Å². The largest absolute Gasteiger partial charge is 0.355 e. The molecule has 0 bridgehead atoms. The molecule has 1 heterocycles. The van der Waals surface area contributed by atoms with E-state index in [9.17, 15) is 0 Å². The summed E-state index contributed by atoms with van der Waals surface area (Å²) in [6.07, 6.45) is 4.56. The summed E-state index contributed by atoms with van der Waals surface area (Å²) in [6, 6.07) is 11.2. The zero-order chi connectivity index (χ0) is 17.4. The number of guanidine groups is 1. The van der Waals surface area contributed by atoms with E-state index in [1.54, 1.807) is 0 Å². The quantitative estimate of drug-likeness (QED) is 0.417. The van der Waals surface area contributed by atoms with Crippen LogP contribution in [-0.4, -0.2) is 62.1 Å². The molecule has 0 aliphatic carbocycles. The van der Waals surface area contributed by atoms with Gasteiger partial charge in [0, 0.05) is 39.3 Å². The van der Waals surface area contributed by atoms with E-state index in [1.165, 1.54) is 11.1 Å². The Morgan fingerprint density at radius 3 is 2.44 bits per heavy atom. The molecule has 2 rings (SSSR count). The lowest BCUT2D eigenvalue weighted by Gasteiger charge is -2.32. The number of piperidine rings is 1. The Bertz CT molecular complexity index is 544. The monoisotopic (exact) mass is 456 g/mol. The number of nitrogens with one attached hydrogen (secondary N) is 1. The Kier molecular flexibility index (Phi) is 10.1. The van der Waals surface area contributed by atoms with Crippen LogP contribution in [0.3, 0.4) is 0 Å². The molecule has 1 aromatic carbocycles. The lowest BCUT2D eigenvalue weighted by atomic mass is 10.0. The number of hydrogen-bond donors (Lipinski definition) is 1. The van der Waals surface area contributed by atoms with Crippen LogP contribution in [0.15, 0.2) is 40.9 Å². The van der Waals surface area contributed by atoms with E-state index < -0.39 is 0 Å². The Balaban J connectivity index is 0.00000312. The summed E-state index contributed by atoms with van der Waals surface area (Å²) in [5.74, 6) is 1.03. The van der Waals surface area contributed by atoms with Crippen molar-refractivity contribution in [3.8, 4) is 0 Å². The highest BCUT2D eigenvalue weighted by Gasteiger charge is 2.17. The van der Waals surface area contributed by atoms with Crippen molar-refractivity contribution in [3.63, 3.8) is 0 Å². The number of benzene rings is 1. The highest BCUT2D eigenvalue weighted by molar-refractivity contribution is 14.0. The zero-order valence-electron chi connectivity index (χ0n) is 16.0. The van der Waals surface area contributed by atoms with Gasteiger partial charge in [0.25, 0.3) is 0 Å². The molecule has 0 saturated carbocycles. The maximum atomic E-state index is 4.46. The molecule has 0 unspecified atom stereocenters. The van der Waals surface area contributed by atoms with Crippen molar-refractivity contribution in [1.29, 1.82) is 0 Å². The molecule has 1 aromatic rings. The molecule has 25 heavy (non-hydrogen) atoms. The van der Waals surface area contributed by atoms with Crippen molar-refractivity contribution in [2.45, 2.75) is 32.7 Å². The van der Waals surface area contributed by atoms with E-state index in [-0.39, 0.29) is 24.0 Å². The van der Waals surface area contributed by atoms with E-state index in [0.29, 0.717) is 6.04 Å². The molecule has 4 nitrogen and oxygen atoms in total. The molecule has 1 fully saturated rings. The van der Waals surface area contributed by atoms with Gasteiger partial charge in [0.15, 0.2) is 5.96 Å². The van der Waals surface area contributed by atoms with Gasteiger partial charge in [0.05, 0.1) is 0 Å². The van der Waals surface area contributed by atoms with E-state index >= 15 is 0 Å². The third-order valence-electron chi connectivity index (χ3n) is 4.72. The van der Waals surface area contributed by atoms with Gasteiger partial charge in [-0.1, -0.05) is 42.0 Å². The summed E-state index contributed by atoms with van der Waals surface area (Å²) in [5, 5.41) is 3.50. The van der Waals surface area contributed by atoms with E-state index in [4.69, 9.17) is 0 Å².